The molecule has 5 nitrogen and oxygen atoms in total. The summed E-state index contributed by atoms with van der Waals surface area (Å²) >= 11 is 0. The van der Waals surface area contributed by atoms with Crippen LogP contribution in [0.15, 0.2) is 6.07 Å². The van der Waals surface area contributed by atoms with Gasteiger partial charge in [0.25, 0.3) is 0 Å². The Morgan fingerprint density at radius 1 is 1.42 bits per heavy atom. The highest BCUT2D eigenvalue weighted by molar-refractivity contribution is 5.43. The highest BCUT2D eigenvalue weighted by Crippen LogP contribution is 2.07. The molecule has 0 aliphatic carbocycles. The van der Waals surface area contributed by atoms with Crippen molar-refractivity contribution in [3.63, 3.8) is 0 Å². The molecule has 0 amide bonds. The van der Waals surface area contributed by atoms with E-state index < -0.39 is 0 Å². The molecule has 0 saturated heterocycles. The van der Waals surface area contributed by atoms with Gasteiger partial charge in [0.05, 0.1) is 0 Å². The van der Waals surface area contributed by atoms with E-state index in [2.05, 4.69) is 15.4 Å². The number of nitrogens with zero attached hydrogens (tertiary/aromatic N) is 3. The Morgan fingerprint density at radius 2 is 2.08 bits per heavy atom. The van der Waals surface area contributed by atoms with Crippen LogP contribution in [-0.4, -0.2) is 29.1 Å². The Labute approximate surface area is 71.6 Å². The van der Waals surface area contributed by atoms with Crippen molar-refractivity contribution in [3.05, 3.63) is 11.9 Å². The van der Waals surface area contributed by atoms with Gasteiger partial charge in [0.1, 0.15) is 17.5 Å². The summed E-state index contributed by atoms with van der Waals surface area (Å²) in [6.45, 7) is 1.80. The fourth-order valence-electron chi connectivity index (χ4n) is 0.877. The van der Waals surface area contributed by atoms with Crippen molar-refractivity contribution in [1.29, 1.82) is 0 Å². The van der Waals surface area contributed by atoms with E-state index in [0.717, 1.165) is 0 Å². The van der Waals surface area contributed by atoms with Crippen LogP contribution in [0.5, 0.6) is 0 Å². The van der Waals surface area contributed by atoms with Crippen LogP contribution in [0.4, 0.5) is 11.6 Å². The quantitative estimate of drug-likeness (QED) is 0.618. The lowest BCUT2D eigenvalue weighted by molar-refractivity contribution is 0.492. The van der Waals surface area contributed by atoms with E-state index in [9.17, 15) is 0 Å². The van der Waals surface area contributed by atoms with Crippen LogP contribution in [0.3, 0.4) is 0 Å². The lowest BCUT2D eigenvalue weighted by Gasteiger charge is -2.12. The Balaban J connectivity index is 2.85. The number of nitrogens with one attached hydrogen (secondary N) is 1. The minimum atomic E-state index is 0.479. The maximum atomic E-state index is 5.53. The molecule has 0 aliphatic rings. The standard InChI is InChI=1S/C7H13N5/c1-5-9-6(8)4-7(10-5)11-12(2)3/h4H,1-3H3,(H3,8,9,10,11). The number of nitrogen functional groups attached to an aromatic ring is 1. The fourth-order valence-corrected chi connectivity index (χ4v) is 0.877. The molecule has 0 aliphatic heterocycles. The number of aromatic nitrogens is 2. The molecular formula is C7H13N5. The molecule has 0 atom stereocenters. The molecule has 0 saturated carbocycles. The molecule has 1 aromatic heterocycles. The van der Waals surface area contributed by atoms with Gasteiger partial charge in [0.15, 0.2) is 0 Å². The summed E-state index contributed by atoms with van der Waals surface area (Å²) < 4.78 is 0. The molecule has 0 aromatic carbocycles. The first-order chi connectivity index (χ1) is 5.58. The Hall–Kier alpha value is -1.36. The third-order valence-corrected chi connectivity index (χ3v) is 1.20. The second-order valence-corrected chi connectivity index (χ2v) is 2.73. The van der Waals surface area contributed by atoms with Crippen LogP contribution in [-0.2, 0) is 0 Å². The van der Waals surface area contributed by atoms with Crippen LogP contribution in [0, 0.1) is 6.92 Å². The average Bonchev–Trinajstić information content (AvgIpc) is 1.81. The molecule has 12 heavy (non-hydrogen) atoms. The maximum absolute atomic E-state index is 5.53. The molecule has 1 aromatic rings. The number of aryl methyl sites for hydroxylation is 1. The Morgan fingerprint density at radius 3 is 2.58 bits per heavy atom. The van der Waals surface area contributed by atoms with Crippen LogP contribution >= 0.6 is 0 Å². The molecule has 66 valence electrons. The first-order valence-electron chi connectivity index (χ1n) is 3.63. The van der Waals surface area contributed by atoms with Gasteiger partial charge >= 0.3 is 0 Å². The Kier molecular flexibility index (Phi) is 2.44. The van der Waals surface area contributed by atoms with Crippen LogP contribution in [0.25, 0.3) is 0 Å². The van der Waals surface area contributed by atoms with E-state index in [-0.39, 0.29) is 0 Å². The lowest BCUT2D eigenvalue weighted by atomic mass is 10.5. The first kappa shape index (κ1) is 8.73. The fraction of sp³-hybridized carbons (Fsp3) is 0.429. The summed E-state index contributed by atoms with van der Waals surface area (Å²) in [6.07, 6.45) is 0. The second-order valence-electron chi connectivity index (χ2n) is 2.73. The highest BCUT2D eigenvalue weighted by Gasteiger charge is 1.98. The summed E-state index contributed by atoms with van der Waals surface area (Å²) in [5.41, 5.74) is 8.51. The van der Waals surface area contributed by atoms with E-state index >= 15 is 0 Å². The molecule has 5 heteroatoms. The van der Waals surface area contributed by atoms with E-state index in [1.165, 1.54) is 0 Å². The predicted octanol–water partition coefficient (Wildman–Crippen LogP) is 0.256. The molecule has 0 spiro atoms. The van der Waals surface area contributed by atoms with Crippen molar-refractivity contribution < 1.29 is 0 Å². The van der Waals surface area contributed by atoms with Gasteiger partial charge in [-0.3, -0.25) is 0 Å². The van der Waals surface area contributed by atoms with Crippen LogP contribution < -0.4 is 11.2 Å². The number of nitrogens with two attached hydrogens (primary N) is 1. The summed E-state index contributed by atoms with van der Waals surface area (Å²) in [6, 6.07) is 1.69. The van der Waals surface area contributed by atoms with Gasteiger partial charge in [-0.15, -0.1) is 0 Å². The van der Waals surface area contributed by atoms with E-state index in [0.29, 0.717) is 17.5 Å². The summed E-state index contributed by atoms with van der Waals surface area (Å²) in [4.78, 5) is 8.08. The zero-order valence-corrected chi connectivity index (χ0v) is 7.50. The van der Waals surface area contributed by atoms with E-state index in [1.54, 1.807) is 18.0 Å². The monoisotopic (exact) mass is 167 g/mol. The molecule has 0 bridgehead atoms. The summed E-state index contributed by atoms with van der Waals surface area (Å²) in [5.74, 6) is 1.86. The minimum absolute atomic E-state index is 0.479. The van der Waals surface area contributed by atoms with Gasteiger partial charge in [-0.05, 0) is 6.92 Å². The number of anilines is 2. The van der Waals surface area contributed by atoms with E-state index in [1.807, 2.05) is 14.1 Å². The van der Waals surface area contributed by atoms with Crippen molar-refractivity contribution in [3.8, 4) is 0 Å². The maximum Gasteiger partial charge on any atom is 0.146 e. The van der Waals surface area contributed by atoms with Crippen molar-refractivity contribution in [2.45, 2.75) is 6.92 Å². The largest absolute Gasteiger partial charge is 0.384 e. The van der Waals surface area contributed by atoms with Gasteiger partial charge in [0, 0.05) is 20.2 Å². The number of hydrogen-bond donors (Lipinski definition) is 2. The summed E-state index contributed by atoms with van der Waals surface area (Å²) in [7, 11) is 3.77. The second kappa shape index (κ2) is 3.36. The van der Waals surface area contributed by atoms with Gasteiger partial charge in [-0.2, -0.15) is 0 Å². The lowest BCUT2D eigenvalue weighted by Crippen LogP contribution is -2.20. The molecule has 1 heterocycles. The average molecular weight is 167 g/mol. The molecule has 1 rings (SSSR count). The molecular weight excluding hydrogens is 154 g/mol. The van der Waals surface area contributed by atoms with Gasteiger partial charge in [-0.25, -0.2) is 15.0 Å². The number of hydrogen-bond acceptors (Lipinski definition) is 5. The Bertz CT molecular complexity index is 250. The van der Waals surface area contributed by atoms with Crippen molar-refractivity contribution in [2.75, 3.05) is 25.3 Å². The predicted molar refractivity (Wildman–Crippen MR) is 48.5 cm³/mol. The summed E-state index contributed by atoms with van der Waals surface area (Å²) in [5, 5.41) is 1.79. The van der Waals surface area contributed by atoms with Crippen molar-refractivity contribution >= 4 is 11.6 Å². The van der Waals surface area contributed by atoms with Gasteiger partial charge in [0.2, 0.25) is 0 Å². The zero-order chi connectivity index (χ0) is 9.14. The van der Waals surface area contributed by atoms with Crippen LogP contribution in [0.2, 0.25) is 0 Å². The van der Waals surface area contributed by atoms with E-state index in [4.69, 9.17) is 5.73 Å². The third kappa shape index (κ3) is 2.35. The zero-order valence-electron chi connectivity index (χ0n) is 7.50. The molecule has 0 unspecified atom stereocenters. The minimum Gasteiger partial charge on any atom is -0.384 e. The first-order valence-corrected chi connectivity index (χ1v) is 3.63. The highest BCUT2D eigenvalue weighted by atomic mass is 15.5. The third-order valence-electron chi connectivity index (χ3n) is 1.20. The SMILES string of the molecule is Cc1nc(N)cc(NN(C)C)n1. The number of hydrazine groups is 1. The van der Waals surface area contributed by atoms with Crippen LogP contribution in [0.1, 0.15) is 5.82 Å². The van der Waals surface area contributed by atoms with Gasteiger partial charge in [-0.1, -0.05) is 0 Å². The normalized spacial score (nSPS) is 10.3. The van der Waals surface area contributed by atoms with Gasteiger partial charge < -0.3 is 11.2 Å². The number of rotatable bonds is 2. The smallest absolute Gasteiger partial charge is 0.146 e. The topological polar surface area (TPSA) is 67.1 Å². The molecule has 0 radical (unpaired) electrons. The molecule has 3 N–H and O–H groups in total. The van der Waals surface area contributed by atoms with Crippen molar-refractivity contribution in [2.24, 2.45) is 0 Å². The van der Waals surface area contributed by atoms with Crippen molar-refractivity contribution in [1.82, 2.24) is 15.0 Å². The molecule has 0 fully saturated rings.